The maximum atomic E-state index is 14.5. The molecular weight excluding hydrogens is 181 g/mol. The largest absolute Gasteiger partial charge is 0.398 e. The molecule has 1 aliphatic rings. The van der Waals surface area contributed by atoms with E-state index in [0.717, 1.165) is 12.8 Å². The SMILES string of the molecule is NCC(F)(c1cnccc1N)C1CC1. The van der Waals surface area contributed by atoms with Crippen molar-refractivity contribution in [1.82, 2.24) is 4.98 Å². The predicted octanol–water partition coefficient (Wildman–Crippen LogP) is 1.20. The van der Waals surface area contributed by atoms with E-state index in [1.807, 2.05) is 0 Å². The van der Waals surface area contributed by atoms with Crippen LogP contribution >= 0.6 is 0 Å². The van der Waals surface area contributed by atoms with Crippen LogP contribution in [0.5, 0.6) is 0 Å². The van der Waals surface area contributed by atoms with Crippen LogP contribution in [-0.4, -0.2) is 11.5 Å². The lowest BCUT2D eigenvalue weighted by Crippen LogP contribution is -2.33. The molecule has 1 atom stereocenters. The van der Waals surface area contributed by atoms with E-state index in [0.29, 0.717) is 11.3 Å². The molecule has 1 aromatic rings. The lowest BCUT2D eigenvalue weighted by molar-refractivity contribution is 0.143. The minimum Gasteiger partial charge on any atom is -0.398 e. The molecule has 1 heterocycles. The number of halogens is 1. The van der Waals surface area contributed by atoms with Crippen molar-refractivity contribution >= 4 is 5.69 Å². The van der Waals surface area contributed by atoms with E-state index < -0.39 is 5.67 Å². The van der Waals surface area contributed by atoms with Gasteiger partial charge in [0.05, 0.1) is 0 Å². The summed E-state index contributed by atoms with van der Waals surface area (Å²) in [4.78, 5) is 3.89. The zero-order chi connectivity index (χ0) is 10.2. The van der Waals surface area contributed by atoms with Crippen LogP contribution in [0, 0.1) is 5.92 Å². The molecule has 0 amide bonds. The molecule has 0 spiro atoms. The molecule has 1 saturated carbocycles. The molecule has 1 unspecified atom stereocenters. The fourth-order valence-corrected chi connectivity index (χ4v) is 1.79. The maximum absolute atomic E-state index is 14.5. The molecule has 0 radical (unpaired) electrons. The summed E-state index contributed by atoms with van der Waals surface area (Å²) >= 11 is 0. The second-order valence-corrected chi connectivity index (χ2v) is 3.80. The van der Waals surface area contributed by atoms with Crippen LogP contribution in [0.3, 0.4) is 0 Å². The first kappa shape index (κ1) is 9.40. The van der Waals surface area contributed by atoms with Gasteiger partial charge >= 0.3 is 0 Å². The smallest absolute Gasteiger partial charge is 0.154 e. The minimum absolute atomic E-state index is 0.0203. The van der Waals surface area contributed by atoms with Gasteiger partial charge in [0.2, 0.25) is 0 Å². The van der Waals surface area contributed by atoms with E-state index in [1.54, 1.807) is 12.3 Å². The second-order valence-electron chi connectivity index (χ2n) is 3.80. The van der Waals surface area contributed by atoms with Crippen molar-refractivity contribution in [3.8, 4) is 0 Å². The molecular formula is C10H14FN3. The van der Waals surface area contributed by atoms with Gasteiger partial charge in [-0.15, -0.1) is 0 Å². The Kier molecular flexibility index (Phi) is 2.15. The summed E-state index contributed by atoms with van der Waals surface area (Å²) in [6.07, 6.45) is 4.83. The standard InChI is InChI=1S/C10H14FN3/c11-10(6-12,7-1-2-7)8-5-14-4-3-9(8)13/h3-5,7H,1-2,6,12H2,(H2,13,14). The zero-order valence-corrected chi connectivity index (χ0v) is 7.91. The van der Waals surface area contributed by atoms with Crippen molar-refractivity contribution in [2.75, 3.05) is 12.3 Å². The Morgan fingerprint density at radius 1 is 1.57 bits per heavy atom. The van der Waals surface area contributed by atoms with Gasteiger partial charge in [-0.1, -0.05) is 0 Å². The molecule has 1 aromatic heterocycles. The lowest BCUT2D eigenvalue weighted by Gasteiger charge is -2.24. The summed E-state index contributed by atoms with van der Waals surface area (Å²) in [6.45, 7) is -0.0203. The summed E-state index contributed by atoms with van der Waals surface area (Å²) in [7, 11) is 0. The van der Waals surface area contributed by atoms with Crippen LogP contribution in [0.4, 0.5) is 10.1 Å². The first-order chi connectivity index (χ1) is 6.68. The number of alkyl halides is 1. The molecule has 0 aromatic carbocycles. The van der Waals surface area contributed by atoms with Crippen molar-refractivity contribution in [1.29, 1.82) is 0 Å². The molecule has 3 nitrogen and oxygen atoms in total. The molecule has 1 fully saturated rings. The topological polar surface area (TPSA) is 64.9 Å². The number of pyridine rings is 1. The fourth-order valence-electron chi connectivity index (χ4n) is 1.79. The Bertz CT molecular complexity index is 338. The highest BCUT2D eigenvalue weighted by Crippen LogP contribution is 2.49. The molecule has 1 aliphatic carbocycles. The van der Waals surface area contributed by atoms with Crippen LogP contribution in [0.1, 0.15) is 18.4 Å². The second kappa shape index (κ2) is 3.20. The van der Waals surface area contributed by atoms with Gasteiger partial charge in [-0.25, -0.2) is 4.39 Å². The quantitative estimate of drug-likeness (QED) is 0.761. The predicted molar refractivity (Wildman–Crippen MR) is 53.2 cm³/mol. The molecule has 4 N–H and O–H groups in total. The highest BCUT2D eigenvalue weighted by molar-refractivity contribution is 5.48. The lowest BCUT2D eigenvalue weighted by atomic mass is 9.91. The number of nitrogens with zero attached hydrogens (tertiary/aromatic N) is 1. The Hall–Kier alpha value is -1.16. The molecule has 4 heteroatoms. The summed E-state index contributed by atoms with van der Waals surface area (Å²) < 4.78 is 14.5. The number of hydrogen-bond acceptors (Lipinski definition) is 3. The summed E-state index contributed by atoms with van der Waals surface area (Å²) in [6, 6.07) is 1.61. The number of hydrogen-bond donors (Lipinski definition) is 2. The van der Waals surface area contributed by atoms with Crippen molar-refractivity contribution in [3.05, 3.63) is 24.0 Å². The first-order valence-corrected chi connectivity index (χ1v) is 4.77. The molecule has 76 valence electrons. The van der Waals surface area contributed by atoms with E-state index in [9.17, 15) is 4.39 Å². The van der Waals surface area contributed by atoms with Gasteiger partial charge in [0.25, 0.3) is 0 Å². The van der Waals surface area contributed by atoms with E-state index in [2.05, 4.69) is 4.98 Å². The number of nitrogen functional groups attached to an aromatic ring is 1. The van der Waals surface area contributed by atoms with E-state index in [1.165, 1.54) is 6.20 Å². The Morgan fingerprint density at radius 3 is 2.79 bits per heavy atom. The van der Waals surface area contributed by atoms with Crippen molar-refractivity contribution in [2.24, 2.45) is 11.7 Å². The van der Waals surface area contributed by atoms with Crippen molar-refractivity contribution in [2.45, 2.75) is 18.5 Å². The Morgan fingerprint density at radius 2 is 2.29 bits per heavy atom. The van der Waals surface area contributed by atoms with Crippen LogP contribution in [0.25, 0.3) is 0 Å². The molecule has 14 heavy (non-hydrogen) atoms. The van der Waals surface area contributed by atoms with Gasteiger partial charge in [-0.05, 0) is 24.8 Å². The van der Waals surface area contributed by atoms with Crippen molar-refractivity contribution < 1.29 is 4.39 Å². The minimum atomic E-state index is -1.47. The molecule has 0 aliphatic heterocycles. The van der Waals surface area contributed by atoms with Gasteiger partial charge in [0, 0.05) is 30.2 Å². The zero-order valence-electron chi connectivity index (χ0n) is 7.91. The van der Waals surface area contributed by atoms with Crippen molar-refractivity contribution in [3.63, 3.8) is 0 Å². The van der Waals surface area contributed by atoms with Gasteiger partial charge < -0.3 is 11.5 Å². The third-order valence-corrected chi connectivity index (χ3v) is 2.82. The van der Waals surface area contributed by atoms with Gasteiger partial charge in [-0.3, -0.25) is 4.98 Å². The van der Waals surface area contributed by atoms with E-state index in [-0.39, 0.29) is 12.5 Å². The summed E-state index contributed by atoms with van der Waals surface area (Å²) in [5.74, 6) is 0.0269. The van der Waals surface area contributed by atoms with E-state index in [4.69, 9.17) is 11.5 Å². The fraction of sp³-hybridized carbons (Fsp3) is 0.500. The first-order valence-electron chi connectivity index (χ1n) is 4.77. The van der Waals surface area contributed by atoms with Gasteiger partial charge in [0.1, 0.15) is 0 Å². The van der Waals surface area contributed by atoms with E-state index >= 15 is 0 Å². The molecule has 2 rings (SSSR count). The van der Waals surface area contributed by atoms with Crippen LogP contribution in [-0.2, 0) is 5.67 Å². The average Bonchev–Trinajstić information content (AvgIpc) is 3.01. The number of nitrogens with two attached hydrogens (primary N) is 2. The third-order valence-electron chi connectivity index (χ3n) is 2.82. The van der Waals surface area contributed by atoms with Crippen LogP contribution in [0.15, 0.2) is 18.5 Å². The van der Waals surface area contributed by atoms with Gasteiger partial charge in [-0.2, -0.15) is 0 Å². The molecule has 0 bridgehead atoms. The highest BCUT2D eigenvalue weighted by atomic mass is 19.1. The normalized spacial score (nSPS) is 20.4. The number of aromatic nitrogens is 1. The Labute approximate surface area is 82.3 Å². The maximum Gasteiger partial charge on any atom is 0.154 e. The van der Waals surface area contributed by atoms with Crippen LogP contribution in [0.2, 0.25) is 0 Å². The third kappa shape index (κ3) is 1.35. The van der Waals surface area contributed by atoms with Crippen LogP contribution < -0.4 is 11.5 Å². The summed E-state index contributed by atoms with van der Waals surface area (Å²) in [5.41, 5.74) is 10.6. The monoisotopic (exact) mass is 195 g/mol. The highest BCUT2D eigenvalue weighted by Gasteiger charge is 2.47. The Balaban J connectivity index is 2.40. The number of anilines is 1. The van der Waals surface area contributed by atoms with Gasteiger partial charge in [0.15, 0.2) is 5.67 Å². The average molecular weight is 195 g/mol. The number of rotatable bonds is 3. The summed E-state index contributed by atoms with van der Waals surface area (Å²) in [5, 5.41) is 0. The molecule has 0 saturated heterocycles.